The van der Waals surface area contributed by atoms with Crippen LogP contribution < -0.4 is 5.43 Å². The summed E-state index contributed by atoms with van der Waals surface area (Å²) in [6, 6.07) is 12.2. The van der Waals surface area contributed by atoms with Gasteiger partial charge < -0.3 is 0 Å². The van der Waals surface area contributed by atoms with Crippen molar-refractivity contribution in [3.05, 3.63) is 35.9 Å². The van der Waals surface area contributed by atoms with Crippen LogP contribution in [0.3, 0.4) is 0 Å². The summed E-state index contributed by atoms with van der Waals surface area (Å²) in [7, 11) is 0. The lowest BCUT2D eigenvalue weighted by Crippen LogP contribution is -2.53. The molecule has 1 saturated heterocycles. The van der Waals surface area contributed by atoms with Crippen LogP contribution in [-0.4, -0.2) is 23.6 Å². The Bertz CT molecular complexity index is 378. The van der Waals surface area contributed by atoms with Gasteiger partial charge in [0, 0.05) is 24.5 Å². The van der Waals surface area contributed by atoms with Crippen LogP contribution in [0.5, 0.6) is 0 Å². The Kier molecular flexibility index (Phi) is 5.62. The van der Waals surface area contributed by atoms with Crippen LogP contribution in [-0.2, 0) is 0 Å². The van der Waals surface area contributed by atoms with Gasteiger partial charge in [-0.05, 0) is 38.2 Å². The molecule has 1 heterocycles. The first-order chi connectivity index (χ1) is 9.59. The molecule has 112 valence electrons. The highest BCUT2D eigenvalue weighted by Gasteiger charge is 2.25. The molecular formula is C18H30N2. The summed E-state index contributed by atoms with van der Waals surface area (Å²) in [6.45, 7) is 10.4. The third-order valence-corrected chi connectivity index (χ3v) is 4.72. The fourth-order valence-electron chi connectivity index (χ4n) is 3.38. The number of hydrogen-bond donors (Lipinski definition) is 1. The van der Waals surface area contributed by atoms with E-state index in [0.717, 1.165) is 6.54 Å². The Balaban J connectivity index is 1.99. The van der Waals surface area contributed by atoms with Crippen LogP contribution in [0, 0.1) is 5.92 Å². The van der Waals surface area contributed by atoms with Crippen LogP contribution in [0.2, 0.25) is 0 Å². The van der Waals surface area contributed by atoms with E-state index in [1.165, 1.54) is 24.8 Å². The molecule has 1 fully saturated rings. The van der Waals surface area contributed by atoms with Gasteiger partial charge in [-0.15, -0.1) is 0 Å². The molecule has 0 spiro atoms. The molecule has 1 aliphatic heterocycles. The van der Waals surface area contributed by atoms with Gasteiger partial charge in [0.05, 0.1) is 0 Å². The average Bonchev–Trinajstić information content (AvgIpc) is 2.43. The van der Waals surface area contributed by atoms with Gasteiger partial charge in [-0.3, -0.25) is 5.43 Å². The molecule has 1 aromatic carbocycles. The number of nitrogens with zero attached hydrogens (tertiary/aromatic N) is 1. The molecule has 0 radical (unpaired) electrons. The van der Waals surface area contributed by atoms with Gasteiger partial charge in [-0.25, -0.2) is 5.01 Å². The average molecular weight is 274 g/mol. The first-order valence-electron chi connectivity index (χ1n) is 8.16. The summed E-state index contributed by atoms with van der Waals surface area (Å²) >= 11 is 0. The highest BCUT2D eigenvalue weighted by Crippen LogP contribution is 2.25. The van der Waals surface area contributed by atoms with Crippen molar-refractivity contribution in [1.82, 2.24) is 10.4 Å². The third-order valence-electron chi connectivity index (χ3n) is 4.72. The van der Waals surface area contributed by atoms with E-state index in [1.807, 2.05) is 0 Å². The molecule has 1 N–H and O–H groups in total. The van der Waals surface area contributed by atoms with Crippen LogP contribution in [0.25, 0.3) is 0 Å². The van der Waals surface area contributed by atoms with Gasteiger partial charge in [-0.1, -0.05) is 50.6 Å². The Morgan fingerprint density at radius 2 is 1.70 bits per heavy atom. The fourth-order valence-corrected chi connectivity index (χ4v) is 3.38. The van der Waals surface area contributed by atoms with Crippen molar-refractivity contribution in [2.45, 2.75) is 65.0 Å². The maximum Gasteiger partial charge on any atom is 0.0218 e. The van der Waals surface area contributed by atoms with E-state index in [2.05, 4.69) is 68.5 Å². The maximum absolute atomic E-state index is 3.73. The summed E-state index contributed by atoms with van der Waals surface area (Å²) in [6.07, 6.45) is 4.00. The standard InChI is InChI=1S/C18H30N2/c1-14(2)18(17-11-6-5-7-12-17)13-19-20-15(3)9-8-10-16(20)4/h5-7,11-12,14-16,18-19H,8-10,13H2,1-4H3. The first kappa shape index (κ1) is 15.5. The zero-order valence-corrected chi connectivity index (χ0v) is 13.5. The lowest BCUT2D eigenvalue weighted by Gasteiger charge is -2.40. The maximum atomic E-state index is 3.73. The molecular weight excluding hydrogens is 244 g/mol. The number of piperidine rings is 1. The zero-order chi connectivity index (χ0) is 14.5. The molecule has 1 aliphatic rings. The van der Waals surface area contributed by atoms with Gasteiger partial charge in [0.1, 0.15) is 0 Å². The van der Waals surface area contributed by atoms with Crippen LogP contribution >= 0.6 is 0 Å². The van der Waals surface area contributed by atoms with Gasteiger partial charge in [0.2, 0.25) is 0 Å². The van der Waals surface area contributed by atoms with Gasteiger partial charge in [0.25, 0.3) is 0 Å². The molecule has 1 aromatic rings. The Hall–Kier alpha value is -0.860. The number of nitrogens with one attached hydrogen (secondary N) is 1. The second kappa shape index (κ2) is 7.24. The lowest BCUT2D eigenvalue weighted by atomic mass is 9.88. The van der Waals surface area contributed by atoms with Gasteiger partial charge >= 0.3 is 0 Å². The van der Waals surface area contributed by atoms with Crippen LogP contribution in [0.1, 0.15) is 58.4 Å². The van der Waals surface area contributed by atoms with Crippen molar-refractivity contribution in [2.24, 2.45) is 5.92 Å². The van der Waals surface area contributed by atoms with Crippen molar-refractivity contribution in [2.75, 3.05) is 6.54 Å². The second-order valence-electron chi connectivity index (χ2n) is 6.66. The van der Waals surface area contributed by atoms with Crippen LogP contribution in [0.4, 0.5) is 0 Å². The van der Waals surface area contributed by atoms with Crippen LogP contribution in [0.15, 0.2) is 30.3 Å². The molecule has 3 unspecified atom stereocenters. The lowest BCUT2D eigenvalue weighted by molar-refractivity contribution is 0.0423. The fraction of sp³-hybridized carbons (Fsp3) is 0.667. The van der Waals surface area contributed by atoms with Crippen molar-refractivity contribution >= 4 is 0 Å². The highest BCUT2D eigenvalue weighted by atomic mass is 15.5. The smallest absolute Gasteiger partial charge is 0.0218 e. The molecule has 20 heavy (non-hydrogen) atoms. The van der Waals surface area contributed by atoms with E-state index in [-0.39, 0.29) is 0 Å². The molecule has 0 bridgehead atoms. The number of hydrogen-bond acceptors (Lipinski definition) is 2. The predicted octanol–water partition coefficient (Wildman–Crippen LogP) is 4.19. The summed E-state index contributed by atoms with van der Waals surface area (Å²) in [5.74, 6) is 1.23. The quantitative estimate of drug-likeness (QED) is 0.866. The molecule has 0 amide bonds. The van der Waals surface area contributed by atoms with Gasteiger partial charge in [0.15, 0.2) is 0 Å². The summed E-state index contributed by atoms with van der Waals surface area (Å²) in [5, 5.41) is 2.49. The predicted molar refractivity (Wildman–Crippen MR) is 86.6 cm³/mol. The van der Waals surface area contributed by atoms with Crippen molar-refractivity contribution in [3.63, 3.8) is 0 Å². The molecule has 2 nitrogen and oxygen atoms in total. The molecule has 0 saturated carbocycles. The van der Waals surface area contributed by atoms with Crippen molar-refractivity contribution in [1.29, 1.82) is 0 Å². The Morgan fingerprint density at radius 3 is 2.25 bits per heavy atom. The number of hydrazine groups is 1. The highest BCUT2D eigenvalue weighted by molar-refractivity contribution is 5.20. The Morgan fingerprint density at radius 1 is 1.10 bits per heavy atom. The third kappa shape index (κ3) is 3.83. The van der Waals surface area contributed by atoms with E-state index in [1.54, 1.807) is 0 Å². The second-order valence-corrected chi connectivity index (χ2v) is 6.66. The van der Waals surface area contributed by atoms with E-state index < -0.39 is 0 Å². The van der Waals surface area contributed by atoms with E-state index >= 15 is 0 Å². The Labute approximate surface area is 124 Å². The molecule has 2 rings (SSSR count). The zero-order valence-electron chi connectivity index (χ0n) is 13.5. The SMILES string of the molecule is CC(C)C(CNN1C(C)CCCC1C)c1ccccc1. The minimum atomic E-state index is 0.581. The normalized spacial score (nSPS) is 25.9. The monoisotopic (exact) mass is 274 g/mol. The van der Waals surface area contributed by atoms with E-state index in [4.69, 9.17) is 0 Å². The summed E-state index contributed by atoms with van der Waals surface area (Å²) in [4.78, 5) is 0. The minimum absolute atomic E-state index is 0.581. The first-order valence-corrected chi connectivity index (χ1v) is 8.16. The van der Waals surface area contributed by atoms with Crippen molar-refractivity contribution in [3.8, 4) is 0 Å². The molecule has 0 aliphatic carbocycles. The van der Waals surface area contributed by atoms with Gasteiger partial charge in [-0.2, -0.15) is 0 Å². The molecule has 2 heteroatoms. The molecule has 0 aromatic heterocycles. The molecule has 3 atom stereocenters. The number of benzene rings is 1. The number of rotatable bonds is 5. The largest absolute Gasteiger partial charge is 0.254 e. The summed E-state index contributed by atoms with van der Waals surface area (Å²) < 4.78 is 0. The van der Waals surface area contributed by atoms with E-state index in [0.29, 0.717) is 23.9 Å². The van der Waals surface area contributed by atoms with E-state index in [9.17, 15) is 0 Å². The topological polar surface area (TPSA) is 15.3 Å². The van der Waals surface area contributed by atoms with Crippen molar-refractivity contribution < 1.29 is 0 Å². The minimum Gasteiger partial charge on any atom is -0.254 e. The summed E-state index contributed by atoms with van der Waals surface area (Å²) in [5.41, 5.74) is 5.19.